The van der Waals surface area contributed by atoms with Gasteiger partial charge in [-0.15, -0.1) is 0 Å². The molecule has 0 bridgehead atoms. The molecule has 0 aliphatic heterocycles. The molecule has 0 unspecified atom stereocenters. The van der Waals surface area contributed by atoms with E-state index >= 15 is 0 Å². The van der Waals surface area contributed by atoms with Crippen molar-refractivity contribution in [1.82, 2.24) is 0 Å². The summed E-state index contributed by atoms with van der Waals surface area (Å²) in [5.74, 6) is -1.80. The van der Waals surface area contributed by atoms with Gasteiger partial charge in [0, 0.05) is 0 Å². The lowest BCUT2D eigenvalue weighted by Crippen LogP contribution is -2.10. The molecule has 2 rings (SSSR count). The van der Waals surface area contributed by atoms with Crippen LogP contribution in [-0.2, 0) is 12.8 Å². The first-order chi connectivity index (χ1) is 10.3. The first-order valence-electron chi connectivity index (χ1n) is 6.41. The molecule has 0 amide bonds. The van der Waals surface area contributed by atoms with Crippen LogP contribution in [0.2, 0.25) is 0 Å². The second kappa shape index (κ2) is 6.09. The van der Waals surface area contributed by atoms with Gasteiger partial charge in [-0.05, 0) is 36.2 Å². The fourth-order valence-corrected chi connectivity index (χ4v) is 1.94. The van der Waals surface area contributed by atoms with Gasteiger partial charge in [0.1, 0.15) is 12.4 Å². The highest BCUT2D eigenvalue weighted by atomic mass is 19.4. The molecule has 116 valence electrons. The molecular formula is C16H13F3O3. The van der Waals surface area contributed by atoms with Gasteiger partial charge in [0.25, 0.3) is 0 Å². The van der Waals surface area contributed by atoms with Crippen LogP contribution in [0.5, 0.6) is 5.75 Å². The number of hydrogen-bond donors (Lipinski definition) is 1. The topological polar surface area (TPSA) is 46.5 Å². The Balaban J connectivity index is 2.33. The number of hydrogen-bond acceptors (Lipinski definition) is 2. The Bertz CT molecular complexity index is 693. The van der Waals surface area contributed by atoms with E-state index in [0.717, 1.165) is 29.3 Å². The average molecular weight is 310 g/mol. The maximum Gasteiger partial charge on any atom is 0.419 e. The minimum Gasteiger partial charge on any atom is -0.488 e. The Morgan fingerprint density at radius 3 is 2.45 bits per heavy atom. The largest absolute Gasteiger partial charge is 0.488 e. The summed E-state index contributed by atoms with van der Waals surface area (Å²) in [6.45, 7) is 1.75. The minimum atomic E-state index is -4.61. The third-order valence-electron chi connectivity index (χ3n) is 3.18. The molecule has 0 saturated heterocycles. The molecule has 0 aliphatic rings. The van der Waals surface area contributed by atoms with Gasteiger partial charge in [-0.3, -0.25) is 0 Å². The van der Waals surface area contributed by atoms with Gasteiger partial charge in [-0.2, -0.15) is 13.2 Å². The highest BCUT2D eigenvalue weighted by Crippen LogP contribution is 2.37. The van der Waals surface area contributed by atoms with Crippen molar-refractivity contribution in [2.75, 3.05) is 0 Å². The van der Waals surface area contributed by atoms with Crippen molar-refractivity contribution in [3.8, 4) is 5.75 Å². The van der Waals surface area contributed by atoms with Crippen molar-refractivity contribution in [2.24, 2.45) is 0 Å². The summed E-state index contributed by atoms with van der Waals surface area (Å²) in [7, 11) is 0. The molecule has 0 radical (unpaired) electrons. The van der Waals surface area contributed by atoms with Crippen molar-refractivity contribution < 1.29 is 27.8 Å². The van der Waals surface area contributed by atoms with Crippen LogP contribution in [0.4, 0.5) is 13.2 Å². The number of aromatic carboxylic acids is 1. The maximum absolute atomic E-state index is 13.0. The normalized spacial score (nSPS) is 11.3. The number of carboxylic acid groups (broad SMARTS) is 1. The number of benzene rings is 2. The molecule has 0 aromatic heterocycles. The van der Waals surface area contributed by atoms with Gasteiger partial charge in [0.2, 0.25) is 0 Å². The number of alkyl halides is 3. The Kier molecular flexibility index (Phi) is 4.40. The molecule has 1 N–H and O–H groups in total. The van der Waals surface area contributed by atoms with E-state index in [1.165, 1.54) is 0 Å². The molecule has 22 heavy (non-hydrogen) atoms. The molecule has 3 nitrogen and oxygen atoms in total. The minimum absolute atomic E-state index is 0.0706. The Morgan fingerprint density at radius 2 is 1.86 bits per heavy atom. The number of rotatable bonds is 4. The molecular weight excluding hydrogens is 297 g/mol. The fraction of sp³-hybridized carbons (Fsp3) is 0.188. The molecule has 0 aliphatic carbocycles. The van der Waals surface area contributed by atoms with Crippen LogP contribution in [0.15, 0.2) is 42.5 Å². The van der Waals surface area contributed by atoms with Crippen molar-refractivity contribution >= 4 is 5.97 Å². The Morgan fingerprint density at radius 1 is 1.18 bits per heavy atom. The van der Waals surface area contributed by atoms with E-state index in [9.17, 15) is 18.0 Å². The number of aryl methyl sites for hydroxylation is 1. The maximum atomic E-state index is 13.0. The zero-order valence-corrected chi connectivity index (χ0v) is 11.6. The van der Waals surface area contributed by atoms with Crippen LogP contribution in [-0.4, -0.2) is 11.1 Å². The number of ether oxygens (including phenoxy) is 1. The van der Waals surface area contributed by atoms with Gasteiger partial charge in [0.05, 0.1) is 11.1 Å². The SMILES string of the molecule is Cc1ccccc1COc1cc(C(=O)O)ccc1C(F)(F)F. The smallest absolute Gasteiger partial charge is 0.419 e. The summed E-state index contributed by atoms with van der Waals surface area (Å²) in [6.07, 6.45) is -4.61. The molecule has 2 aromatic rings. The summed E-state index contributed by atoms with van der Waals surface area (Å²) in [5.41, 5.74) is 0.362. The van der Waals surface area contributed by atoms with Crippen LogP contribution in [0.1, 0.15) is 27.0 Å². The summed E-state index contributed by atoms with van der Waals surface area (Å²) in [5, 5.41) is 8.90. The van der Waals surface area contributed by atoms with Crippen LogP contribution in [0.3, 0.4) is 0 Å². The molecule has 0 spiro atoms. The van der Waals surface area contributed by atoms with Gasteiger partial charge in [0.15, 0.2) is 0 Å². The van der Waals surface area contributed by atoms with E-state index in [4.69, 9.17) is 9.84 Å². The summed E-state index contributed by atoms with van der Waals surface area (Å²) < 4.78 is 44.1. The quantitative estimate of drug-likeness (QED) is 0.916. The van der Waals surface area contributed by atoms with Gasteiger partial charge < -0.3 is 9.84 Å². The molecule has 0 fully saturated rings. The highest BCUT2D eigenvalue weighted by Gasteiger charge is 2.34. The summed E-state index contributed by atoms with van der Waals surface area (Å²) >= 11 is 0. The Hall–Kier alpha value is -2.50. The monoisotopic (exact) mass is 310 g/mol. The van der Waals surface area contributed by atoms with E-state index < -0.39 is 23.5 Å². The van der Waals surface area contributed by atoms with Crippen LogP contribution in [0, 0.1) is 6.92 Å². The number of carboxylic acids is 1. The first kappa shape index (κ1) is 15.9. The molecule has 0 heterocycles. The van der Waals surface area contributed by atoms with Crippen molar-refractivity contribution in [3.63, 3.8) is 0 Å². The van der Waals surface area contributed by atoms with E-state index in [1.54, 1.807) is 12.1 Å². The highest BCUT2D eigenvalue weighted by molar-refractivity contribution is 5.88. The lowest BCUT2D eigenvalue weighted by molar-refractivity contribution is -0.139. The molecule has 2 aromatic carbocycles. The third kappa shape index (κ3) is 3.58. The van der Waals surface area contributed by atoms with E-state index in [1.807, 2.05) is 19.1 Å². The van der Waals surface area contributed by atoms with E-state index in [0.29, 0.717) is 0 Å². The standard InChI is InChI=1S/C16H13F3O3/c1-10-4-2-3-5-12(10)9-22-14-8-11(15(20)21)6-7-13(14)16(17,18)19/h2-8H,9H2,1H3,(H,20,21). The summed E-state index contributed by atoms with van der Waals surface area (Å²) in [4.78, 5) is 10.9. The average Bonchev–Trinajstić information content (AvgIpc) is 2.45. The van der Waals surface area contributed by atoms with Crippen molar-refractivity contribution in [1.29, 1.82) is 0 Å². The lowest BCUT2D eigenvalue weighted by Gasteiger charge is -2.15. The Labute approximate surface area is 125 Å². The van der Waals surface area contributed by atoms with Gasteiger partial charge in [-0.1, -0.05) is 24.3 Å². The predicted octanol–water partition coefficient (Wildman–Crippen LogP) is 4.29. The van der Waals surface area contributed by atoms with Gasteiger partial charge in [-0.25, -0.2) is 4.79 Å². The van der Waals surface area contributed by atoms with Crippen molar-refractivity contribution in [2.45, 2.75) is 19.7 Å². The third-order valence-corrected chi connectivity index (χ3v) is 3.18. The fourth-order valence-electron chi connectivity index (χ4n) is 1.94. The van der Waals surface area contributed by atoms with E-state index in [2.05, 4.69) is 0 Å². The van der Waals surface area contributed by atoms with Crippen molar-refractivity contribution in [3.05, 3.63) is 64.7 Å². The summed E-state index contributed by atoms with van der Waals surface area (Å²) in [6, 6.07) is 9.64. The molecule has 6 heteroatoms. The lowest BCUT2D eigenvalue weighted by atomic mass is 10.1. The zero-order chi connectivity index (χ0) is 16.3. The predicted molar refractivity (Wildman–Crippen MR) is 73.9 cm³/mol. The van der Waals surface area contributed by atoms with Crippen LogP contribution >= 0.6 is 0 Å². The number of carbonyl (C=O) groups is 1. The zero-order valence-electron chi connectivity index (χ0n) is 11.6. The van der Waals surface area contributed by atoms with Crippen LogP contribution < -0.4 is 4.74 Å². The van der Waals surface area contributed by atoms with E-state index in [-0.39, 0.29) is 12.2 Å². The van der Waals surface area contributed by atoms with Crippen LogP contribution in [0.25, 0.3) is 0 Å². The molecule has 0 saturated carbocycles. The second-order valence-corrected chi connectivity index (χ2v) is 4.73. The first-order valence-corrected chi connectivity index (χ1v) is 6.41. The van der Waals surface area contributed by atoms with Gasteiger partial charge >= 0.3 is 12.1 Å². The second-order valence-electron chi connectivity index (χ2n) is 4.73. The number of halogens is 3. The molecule has 0 atom stereocenters.